The molecule has 0 radical (unpaired) electrons. The molecule has 0 aliphatic heterocycles. The molecule has 2 nitrogen and oxygen atoms in total. The molecule has 1 aromatic rings. The molecule has 0 heterocycles. The van der Waals surface area contributed by atoms with E-state index in [0.717, 1.165) is 11.3 Å². The molecule has 0 spiro atoms. The van der Waals surface area contributed by atoms with E-state index in [1.165, 1.54) is 12.0 Å². The second kappa shape index (κ2) is 5.61. The van der Waals surface area contributed by atoms with Crippen molar-refractivity contribution in [2.24, 2.45) is 0 Å². The highest BCUT2D eigenvalue weighted by molar-refractivity contribution is 7.99. The third-order valence-corrected chi connectivity index (χ3v) is 2.84. The van der Waals surface area contributed by atoms with Gasteiger partial charge in [-0.15, -0.1) is 11.8 Å². The molecule has 80 valence electrons. The summed E-state index contributed by atoms with van der Waals surface area (Å²) >= 11 is 1.76. The Balaban J connectivity index is 2.80. The van der Waals surface area contributed by atoms with Crippen molar-refractivity contribution in [3.8, 4) is 0 Å². The summed E-state index contributed by atoms with van der Waals surface area (Å²) < 4.78 is 4.60. The van der Waals surface area contributed by atoms with Gasteiger partial charge in [0.1, 0.15) is 0 Å². The summed E-state index contributed by atoms with van der Waals surface area (Å²) in [6.45, 7) is 5.79. The minimum Gasteiger partial charge on any atom is -0.465 e. The largest absolute Gasteiger partial charge is 0.465 e. The highest BCUT2D eigenvalue weighted by Gasteiger charge is 2.08. The smallest absolute Gasteiger partial charge is 0.337 e. The first kappa shape index (κ1) is 11.9. The van der Waals surface area contributed by atoms with E-state index in [4.69, 9.17) is 0 Å². The Morgan fingerprint density at radius 2 is 2.00 bits per heavy atom. The SMILES string of the molecule is C=C(C(=O)OC)c1ccc(SCC)cc1. The average Bonchev–Trinajstić information content (AvgIpc) is 2.28. The zero-order valence-electron chi connectivity index (χ0n) is 8.95. The van der Waals surface area contributed by atoms with Crippen LogP contribution >= 0.6 is 11.8 Å². The molecule has 0 aromatic heterocycles. The van der Waals surface area contributed by atoms with Gasteiger partial charge < -0.3 is 4.74 Å². The van der Waals surface area contributed by atoms with Crippen LogP contribution in [0, 0.1) is 0 Å². The van der Waals surface area contributed by atoms with Crippen molar-refractivity contribution in [1.29, 1.82) is 0 Å². The van der Waals surface area contributed by atoms with Gasteiger partial charge >= 0.3 is 5.97 Å². The van der Waals surface area contributed by atoms with Gasteiger partial charge in [0.2, 0.25) is 0 Å². The molecular formula is C12H14O2S. The van der Waals surface area contributed by atoms with E-state index in [0.29, 0.717) is 5.57 Å². The number of carbonyl (C=O) groups is 1. The second-order valence-electron chi connectivity index (χ2n) is 2.93. The summed E-state index contributed by atoms with van der Waals surface area (Å²) in [6, 6.07) is 7.74. The van der Waals surface area contributed by atoms with Crippen molar-refractivity contribution < 1.29 is 9.53 Å². The van der Waals surface area contributed by atoms with Crippen LogP contribution in [0.4, 0.5) is 0 Å². The van der Waals surface area contributed by atoms with Gasteiger partial charge in [0.05, 0.1) is 12.7 Å². The number of hydrogen-bond acceptors (Lipinski definition) is 3. The first-order valence-electron chi connectivity index (χ1n) is 4.69. The maximum Gasteiger partial charge on any atom is 0.337 e. The van der Waals surface area contributed by atoms with E-state index in [1.807, 2.05) is 24.3 Å². The molecule has 1 aromatic carbocycles. The Hall–Kier alpha value is -1.22. The van der Waals surface area contributed by atoms with Crippen molar-refractivity contribution in [3.05, 3.63) is 36.4 Å². The number of ether oxygens (including phenoxy) is 1. The van der Waals surface area contributed by atoms with Gasteiger partial charge in [-0.05, 0) is 23.4 Å². The molecule has 0 amide bonds. The number of hydrogen-bond donors (Lipinski definition) is 0. The molecule has 15 heavy (non-hydrogen) atoms. The molecular weight excluding hydrogens is 208 g/mol. The Morgan fingerprint density at radius 3 is 2.47 bits per heavy atom. The third kappa shape index (κ3) is 3.13. The molecule has 0 saturated heterocycles. The van der Waals surface area contributed by atoms with Gasteiger partial charge in [-0.1, -0.05) is 25.6 Å². The van der Waals surface area contributed by atoms with Crippen LogP contribution in [-0.2, 0) is 9.53 Å². The summed E-state index contributed by atoms with van der Waals surface area (Å²) in [5.74, 6) is 0.656. The minimum absolute atomic E-state index is 0.383. The van der Waals surface area contributed by atoms with Crippen molar-refractivity contribution in [1.82, 2.24) is 0 Å². The fourth-order valence-corrected chi connectivity index (χ4v) is 1.82. The van der Waals surface area contributed by atoms with Crippen molar-refractivity contribution >= 4 is 23.3 Å². The van der Waals surface area contributed by atoms with Crippen LogP contribution in [0.2, 0.25) is 0 Å². The van der Waals surface area contributed by atoms with Gasteiger partial charge in [-0.2, -0.15) is 0 Å². The van der Waals surface area contributed by atoms with Crippen LogP contribution in [0.5, 0.6) is 0 Å². The van der Waals surface area contributed by atoms with Crippen LogP contribution < -0.4 is 0 Å². The normalized spacial score (nSPS) is 9.73. The molecule has 0 aliphatic rings. The lowest BCUT2D eigenvalue weighted by Gasteiger charge is -2.04. The van der Waals surface area contributed by atoms with E-state index in [-0.39, 0.29) is 5.97 Å². The van der Waals surface area contributed by atoms with Gasteiger partial charge in [-0.3, -0.25) is 0 Å². The van der Waals surface area contributed by atoms with Crippen LogP contribution in [0.15, 0.2) is 35.7 Å². The molecule has 0 saturated carbocycles. The van der Waals surface area contributed by atoms with Crippen LogP contribution in [0.1, 0.15) is 12.5 Å². The number of thioether (sulfide) groups is 1. The standard InChI is InChI=1S/C12H14O2S/c1-4-15-11-7-5-10(6-8-11)9(2)12(13)14-3/h5-8H,2,4H2,1,3H3. The maximum absolute atomic E-state index is 11.2. The topological polar surface area (TPSA) is 26.3 Å². The first-order valence-corrected chi connectivity index (χ1v) is 5.68. The van der Waals surface area contributed by atoms with Crippen LogP contribution in [0.25, 0.3) is 5.57 Å². The Morgan fingerprint density at radius 1 is 1.40 bits per heavy atom. The third-order valence-electron chi connectivity index (χ3n) is 1.95. The molecule has 3 heteroatoms. The molecule has 0 unspecified atom stereocenters. The van der Waals surface area contributed by atoms with Gasteiger partial charge in [-0.25, -0.2) is 4.79 Å². The zero-order valence-corrected chi connectivity index (χ0v) is 9.76. The summed E-state index contributed by atoms with van der Waals surface area (Å²) in [5.41, 5.74) is 1.20. The summed E-state index contributed by atoms with van der Waals surface area (Å²) in [5, 5.41) is 0. The number of rotatable bonds is 4. The van der Waals surface area contributed by atoms with Crippen LogP contribution in [-0.4, -0.2) is 18.8 Å². The van der Waals surface area contributed by atoms with E-state index < -0.39 is 0 Å². The van der Waals surface area contributed by atoms with E-state index in [9.17, 15) is 4.79 Å². The quantitative estimate of drug-likeness (QED) is 0.445. The zero-order chi connectivity index (χ0) is 11.3. The number of benzene rings is 1. The lowest BCUT2D eigenvalue weighted by atomic mass is 10.1. The fraction of sp³-hybridized carbons (Fsp3) is 0.250. The van der Waals surface area contributed by atoms with E-state index in [1.54, 1.807) is 11.8 Å². The van der Waals surface area contributed by atoms with Crippen LogP contribution in [0.3, 0.4) is 0 Å². The van der Waals surface area contributed by atoms with Gasteiger partial charge in [0.25, 0.3) is 0 Å². The lowest BCUT2D eigenvalue weighted by Crippen LogP contribution is -2.02. The Bertz CT molecular complexity index is 354. The Kier molecular flexibility index (Phi) is 4.43. The van der Waals surface area contributed by atoms with Gasteiger partial charge in [0.15, 0.2) is 0 Å². The predicted molar refractivity (Wildman–Crippen MR) is 63.9 cm³/mol. The second-order valence-corrected chi connectivity index (χ2v) is 4.26. The summed E-state index contributed by atoms with van der Waals surface area (Å²) in [7, 11) is 1.36. The first-order chi connectivity index (χ1) is 7.19. The Labute approximate surface area is 94.3 Å². The lowest BCUT2D eigenvalue weighted by molar-refractivity contribution is -0.133. The molecule has 0 atom stereocenters. The summed E-state index contributed by atoms with van der Waals surface area (Å²) in [4.78, 5) is 12.4. The number of esters is 1. The highest BCUT2D eigenvalue weighted by Crippen LogP contribution is 2.21. The minimum atomic E-state index is -0.383. The molecule has 0 aliphatic carbocycles. The van der Waals surface area contributed by atoms with Gasteiger partial charge in [0, 0.05) is 4.90 Å². The number of carbonyl (C=O) groups excluding carboxylic acids is 1. The maximum atomic E-state index is 11.2. The van der Waals surface area contributed by atoms with Crippen molar-refractivity contribution in [2.75, 3.05) is 12.9 Å². The predicted octanol–water partition coefficient (Wildman–Crippen LogP) is 2.98. The average molecular weight is 222 g/mol. The summed E-state index contributed by atoms with van der Waals surface area (Å²) in [6.07, 6.45) is 0. The highest BCUT2D eigenvalue weighted by atomic mass is 32.2. The van der Waals surface area contributed by atoms with E-state index >= 15 is 0 Å². The molecule has 0 N–H and O–H groups in total. The fourth-order valence-electron chi connectivity index (χ4n) is 1.16. The molecule has 1 rings (SSSR count). The number of methoxy groups -OCH3 is 1. The molecule has 0 fully saturated rings. The molecule has 0 bridgehead atoms. The van der Waals surface area contributed by atoms with E-state index in [2.05, 4.69) is 18.2 Å². The van der Waals surface area contributed by atoms with Crippen molar-refractivity contribution in [2.45, 2.75) is 11.8 Å². The van der Waals surface area contributed by atoms with Crippen molar-refractivity contribution in [3.63, 3.8) is 0 Å². The monoisotopic (exact) mass is 222 g/mol.